The Bertz CT molecular complexity index is 892. The van der Waals surface area contributed by atoms with E-state index in [1.165, 1.54) is 0 Å². The van der Waals surface area contributed by atoms with Crippen LogP contribution in [0.2, 0.25) is 0 Å². The van der Waals surface area contributed by atoms with Crippen LogP contribution in [0.25, 0.3) is 0 Å². The molecule has 2 aliphatic rings. The van der Waals surface area contributed by atoms with Crippen LogP contribution in [-0.2, 0) is 9.53 Å². The topological polar surface area (TPSA) is 59.1 Å². The number of amides is 2. The standard InChI is InChI=1S/C26H36N2O4/c1-8-12-26(13-9-2)17-21-22(20-11-10-19(31-7)16-18(20)3)28(15-14-27(21)23(26)29)24(30)32-25(4,5)6/h8-11,16,21-22H,1-2,12-15,17H2,3-7H3. The van der Waals surface area contributed by atoms with E-state index in [0.29, 0.717) is 32.4 Å². The van der Waals surface area contributed by atoms with Crippen LogP contribution in [0, 0.1) is 12.3 Å². The molecule has 2 heterocycles. The van der Waals surface area contributed by atoms with Gasteiger partial charge in [0.15, 0.2) is 0 Å². The van der Waals surface area contributed by atoms with Gasteiger partial charge in [-0.15, -0.1) is 13.2 Å². The lowest BCUT2D eigenvalue weighted by Crippen LogP contribution is -2.56. The van der Waals surface area contributed by atoms with Crippen molar-refractivity contribution in [2.24, 2.45) is 5.41 Å². The Balaban J connectivity index is 2.08. The number of carbonyl (C=O) groups excluding carboxylic acids is 2. The Kier molecular flexibility index (Phi) is 6.72. The second kappa shape index (κ2) is 9.00. The number of piperazine rings is 1. The molecule has 1 aromatic carbocycles. The minimum absolute atomic E-state index is 0.127. The van der Waals surface area contributed by atoms with E-state index < -0.39 is 11.0 Å². The number of hydrogen-bond donors (Lipinski definition) is 0. The monoisotopic (exact) mass is 440 g/mol. The molecule has 0 radical (unpaired) electrons. The number of aryl methyl sites for hydroxylation is 1. The first kappa shape index (κ1) is 23.9. The molecular weight excluding hydrogens is 404 g/mol. The van der Waals surface area contributed by atoms with Gasteiger partial charge in [-0.3, -0.25) is 9.69 Å². The summed E-state index contributed by atoms with van der Waals surface area (Å²) in [6, 6.07) is 5.44. The van der Waals surface area contributed by atoms with Gasteiger partial charge in [0.1, 0.15) is 11.4 Å². The number of nitrogens with zero attached hydrogens (tertiary/aromatic N) is 2. The zero-order valence-corrected chi connectivity index (χ0v) is 20.0. The Morgan fingerprint density at radius 2 is 1.88 bits per heavy atom. The van der Waals surface area contributed by atoms with E-state index in [1.54, 1.807) is 12.0 Å². The molecule has 1 aromatic rings. The minimum Gasteiger partial charge on any atom is -0.497 e. The summed E-state index contributed by atoms with van der Waals surface area (Å²) in [5, 5.41) is 0. The number of allylic oxidation sites excluding steroid dienone is 2. The number of rotatable bonds is 6. The predicted molar refractivity (Wildman–Crippen MR) is 126 cm³/mol. The van der Waals surface area contributed by atoms with Crippen molar-refractivity contribution in [2.75, 3.05) is 20.2 Å². The average molecular weight is 441 g/mol. The molecule has 0 aromatic heterocycles. The molecule has 2 fully saturated rings. The van der Waals surface area contributed by atoms with Gasteiger partial charge in [0, 0.05) is 13.1 Å². The number of hydrogen-bond acceptors (Lipinski definition) is 4. The van der Waals surface area contributed by atoms with Crippen molar-refractivity contribution in [2.45, 2.75) is 64.6 Å². The lowest BCUT2D eigenvalue weighted by atomic mass is 9.76. The van der Waals surface area contributed by atoms with E-state index in [1.807, 2.05) is 62.9 Å². The molecule has 2 unspecified atom stereocenters. The fourth-order valence-corrected chi connectivity index (χ4v) is 5.15. The molecule has 0 N–H and O–H groups in total. The Morgan fingerprint density at radius 3 is 2.41 bits per heavy atom. The number of fused-ring (bicyclic) bond motifs is 1. The molecule has 2 atom stereocenters. The molecule has 0 spiro atoms. The summed E-state index contributed by atoms with van der Waals surface area (Å²) in [5.74, 6) is 0.889. The van der Waals surface area contributed by atoms with Crippen LogP contribution in [-0.4, -0.2) is 53.6 Å². The molecule has 2 saturated heterocycles. The van der Waals surface area contributed by atoms with Crippen LogP contribution >= 0.6 is 0 Å². The predicted octanol–water partition coefficient (Wildman–Crippen LogP) is 5.03. The van der Waals surface area contributed by atoms with Gasteiger partial charge in [-0.1, -0.05) is 18.2 Å². The highest BCUT2D eigenvalue weighted by Crippen LogP contribution is 2.49. The molecular formula is C26H36N2O4. The first-order chi connectivity index (χ1) is 15.1. The molecule has 2 aliphatic heterocycles. The fraction of sp³-hybridized carbons (Fsp3) is 0.538. The Morgan fingerprint density at radius 1 is 1.22 bits per heavy atom. The lowest BCUT2D eigenvalue weighted by Gasteiger charge is -2.45. The van der Waals surface area contributed by atoms with Gasteiger partial charge in [-0.2, -0.15) is 0 Å². The highest BCUT2D eigenvalue weighted by Gasteiger charge is 2.56. The van der Waals surface area contributed by atoms with Gasteiger partial charge in [0.2, 0.25) is 5.91 Å². The summed E-state index contributed by atoms with van der Waals surface area (Å²) >= 11 is 0. The molecule has 32 heavy (non-hydrogen) atoms. The molecule has 6 heteroatoms. The highest BCUT2D eigenvalue weighted by atomic mass is 16.6. The van der Waals surface area contributed by atoms with E-state index in [9.17, 15) is 9.59 Å². The third kappa shape index (κ3) is 4.41. The van der Waals surface area contributed by atoms with Crippen molar-refractivity contribution in [3.63, 3.8) is 0 Å². The summed E-state index contributed by atoms with van der Waals surface area (Å²) in [4.78, 5) is 30.6. The molecule has 0 saturated carbocycles. The first-order valence-electron chi connectivity index (χ1n) is 11.2. The maximum absolute atomic E-state index is 13.6. The molecule has 0 aliphatic carbocycles. The van der Waals surface area contributed by atoms with Crippen LogP contribution in [0.5, 0.6) is 5.75 Å². The maximum Gasteiger partial charge on any atom is 0.410 e. The Labute approximate surface area is 191 Å². The van der Waals surface area contributed by atoms with E-state index in [-0.39, 0.29) is 24.1 Å². The van der Waals surface area contributed by atoms with Crippen LogP contribution in [0.4, 0.5) is 4.79 Å². The smallest absolute Gasteiger partial charge is 0.410 e. The lowest BCUT2D eigenvalue weighted by molar-refractivity contribution is -0.139. The normalized spacial score (nSPS) is 22.3. The third-order valence-electron chi connectivity index (χ3n) is 6.49. The number of benzene rings is 1. The largest absolute Gasteiger partial charge is 0.497 e. The Hall–Kier alpha value is -2.76. The van der Waals surface area contributed by atoms with Crippen molar-refractivity contribution < 1.29 is 19.1 Å². The van der Waals surface area contributed by atoms with Crippen LogP contribution < -0.4 is 4.74 Å². The van der Waals surface area contributed by atoms with Gasteiger partial charge in [0.05, 0.1) is 24.6 Å². The zero-order valence-electron chi connectivity index (χ0n) is 20.0. The van der Waals surface area contributed by atoms with Gasteiger partial charge in [-0.05, 0) is 70.2 Å². The average Bonchev–Trinajstić information content (AvgIpc) is 2.98. The van der Waals surface area contributed by atoms with Crippen LogP contribution in [0.1, 0.15) is 57.2 Å². The van der Waals surface area contributed by atoms with E-state index in [0.717, 1.165) is 16.9 Å². The number of carbonyl (C=O) groups is 2. The van der Waals surface area contributed by atoms with Crippen molar-refractivity contribution in [1.29, 1.82) is 0 Å². The molecule has 174 valence electrons. The van der Waals surface area contributed by atoms with Gasteiger partial charge < -0.3 is 14.4 Å². The summed E-state index contributed by atoms with van der Waals surface area (Å²) in [5.41, 5.74) is 0.861. The van der Waals surface area contributed by atoms with Crippen molar-refractivity contribution in [3.05, 3.63) is 54.6 Å². The van der Waals surface area contributed by atoms with Crippen LogP contribution in [0.3, 0.4) is 0 Å². The quantitative estimate of drug-likeness (QED) is 0.582. The van der Waals surface area contributed by atoms with E-state index >= 15 is 0 Å². The summed E-state index contributed by atoms with van der Waals surface area (Å²) in [6.45, 7) is 16.3. The molecule has 2 amide bonds. The fourth-order valence-electron chi connectivity index (χ4n) is 5.15. The first-order valence-corrected chi connectivity index (χ1v) is 11.2. The van der Waals surface area contributed by atoms with E-state index in [2.05, 4.69) is 13.2 Å². The van der Waals surface area contributed by atoms with Crippen molar-refractivity contribution in [1.82, 2.24) is 9.80 Å². The van der Waals surface area contributed by atoms with Gasteiger partial charge in [0.25, 0.3) is 0 Å². The summed E-state index contributed by atoms with van der Waals surface area (Å²) in [7, 11) is 1.64. The maximum atomic E-state index is 13.6. The second-order valence-corrected chi connectivity index (χ2v) is 9.88. The van der Waals surface area contributed by atoms with Crippen molar-refractivity contribution in [3.8, 4) is 5.75 Å². The van der Waals surface area contributed by atoms with Gasteiger partial charge in [-0.25, -0.2) is 4.79 Å². The third-order valence-corrected chi connectivity index (χ3v) is 6.49. The number of ether oxygens (including phenoxy) is 2. The van der Waals surface area contributed by atoms with E-state index in [4.69, 9.17) is 9.47 Å². The highest BCUT2D eigenvalue weighted by molar-refractivity contribution is 5.86. The molecule has 0 bridgehead atoms. The summed E-state index contributed by atoms with van der Waals surface area (Å²) < 4.78 is 11.1. The second-order valence-electron chi connectivity index (χ2n) is 9.88. The SMILES string of the molecule is C=CCC1(CC=C)CC2C(c3ccc(OC)cc3C)N(C(=O)OC(C)(C)C)CCN2C1=O. The molecule has 6 nitrogen and oxygen atoms in total. The summed E-state index contributed by atoms with van der Waals surface area (Å²) in [6.07, 6.45) is 5.10. The molecule has 3 rings (SSSR count). The van der Waals surface area contributed by atoms with Crippen molar-refractivity contribution >= 4 is 12.0 Å². The van der Waals surface area contributed by atoms with Crippen LogP contribution in [0.15, 0.2) is 43.5 Å². The zero-order chi connectivity index (χ0) is 23.7. The van der Waals surface area contributed by atoms with Gasteiger partial charge >= 0.3 is 6.09 Å². The number of methoxy groups -OCH3 is 1. The minimum atomic E-state index is -0.603.